The summed E-state index contributed by atoms with van der Waals surface area (Å²) in [6, 6.07) is 7.68. The van der Waals surface area contributed by atoms with E-state index in [9.17, 15) is 4.79 Å². The number of aryl methyl sites for hydroxylation is 1. The molecule has 134 valence electrons. The minimum Gasteiger partial charge on any atom is -0.372 e. The van der Waals surface area contributed by atoms with E-state index in [0.29, 0.717) is 36.8 Å². The molecule has 1 aliphatic heterocycles. The third kappa shape index (κ3) is 3.88. The Kier molecular flexibility index (Phi) is 4.89. The zero-order valence-electron chi connectivity index (χ0n) is 15.2. The summed E-state index contributed by atoms with van der Waals surface area (Å²) in [5, 5.41) is 5.30. The number of halogens is 1. The van der Waals surface area contributed by atoms with E-state index in [1.807, 2.05) is 61.5 Å². The molecule has 0 bridgehead atoms. The van der Waals surface area contributed by atoms with E-state index >= 15 is 0 Å². The summed E-state index contributed by atoms with van der Waals surface area (Å²) in [6.07, 6.45) is 0. The second-order valence-electron chi connectivity index (χ2n) is 7.16. The average molecular weight is 362 g/mol. The van der Waals surface area contributed by atoms with Crippen LogP contribution in [0, 0.1) is 13.8 Å². The van der Waals surface area contributed by atoms with Crippen LogP contribution in [0.1, 0.15) is 41.2 Å². The SMILES string of the molecule is Cc1nn(Cc2ccc(Cl)cc2)c(C)c1C(=O)N1CCOC(C)(C)C1. The molecule has 0 aliphatic carbocycles. The molecule has 2 aromatic rings. The fraction of sp³-hybridized carbons (Fsp3) is 0.474. The average Bonchev–Trinajstić information content (AvgIpc) is 2.82. The van der Waals surface area contributed by atoms with Crippen molar-refractivity contribution in [1.82, 2.24) is 14.7 Å². The van der Waals surface area contributed by atoms with E-state index < -0.39 is 0 Å². The number of amides is 1. The van der Waals surface area contributed by atoms with Crippen molar-refractivity contribution in [3.8, 4) is 0 Å². The van der Waals surface area contributed by atoms with Gasteiger partial charge in [0.05, 0.1) is 30.0 Å². The molecular formula is C19H24ClN3O2. The van der Waals surface area contributed by atoms with Crippen LogP contribution >= 0.6 is 11.6 Å². The van der Waals surface area contributed by atoms with Gasteiger partial charge in [0.1, 0.15) is 0 Å². The number of benzene rings is 1. The van der Waals surface area contributed by atoms with Gasteiger partial charge >= 0.3 is 0 Å². The number of rotatable bonds is 3. The molecule has 1 aromatic carbocycles. The first-order valence-electron chi connectivity index (χ1n) is 8.48. The van der Waals surface area contributed by atoms with E-state index in [2.05, 4.69) is 5.10 Å². The monoisotopic (exact) mass is 361 g/mol. The molecule has 1 amide bonds. The first kappa shape index (κ1) is 18.0. The van der Waals surface area contributed by atoms with Gasteiger partial charge in [0.15, 0.2) is 0 Å². The van der Waals surface area contributed by atoms with Crippen LogP contribution in [0.15, 0.2) is 24.3 Å². The van der Waals surface area contributed by atoms with E-state index in [0.717, 1.165) is 17.0 Å². The zero-order valence-corrected chi connectivity index (χ0v) is 15.9. The van der Waals surface area contributed by atoms with Gasteiger partial charge < -0.3 is 9.64 Å². The Bertz CT molecular complexity index is 781. The first-order valence-corrected chi connectivity index (χ1v) is 8.86. The molecule has 5 nitrogen and oxygen atoms in total. The fourth-order valence-electron chi connectivity index (χ4n) is 3.27. The Morgan fingerprint density at radius 1 is 1.28 bits per heavy atom. The molecule has 0 spiro atoms. The summed E-state index contributed by atoms with van der Waals surface area (Å²) in [5.74, 6) is 0.0359. The number of hydrogen-bond donors (Lipinski definition) is 0. The summed E-state index contributed by atoms with van der Waals surface area (Å²) < 4.78 is 7.60. The minimum atomic E-state index is -0.310. The van der Waals surface area contributed by atoms with Gasteiger partial charge in [-0.25, -0.2) is 0 Å². The van der Waals surface area contributed by atoms with Gasteiger partial charge in [-0.2, -0.15) is 5.10 Å². The van der Waals surface area contributed by atoms with Crippen LogP contribution in [-0.4, -0.2) is 45.9 Å². The van der Waals surface area contributed by atoms with Gasteiger partial charge in [-0.1, -0.05) is 23.7 Å². The maximum atomic E-state index is 13.0. The molecule has 1 aromatic heterocycles. The van der Waals surface area contributed by atoms with E-state index in [-0.39, 0.29) is 11.5 Å². The number of hydrogen-bond acceptors (Lipinski definition) is 3. The first-order chi connectivity index (χ1) is 11.8. The quantitative estimate of drug-likeness (QED) is 0.841. The summed E-state index contributed by atoms with van der Waals surface area (Å²) >= 11 is 5.94. The molecule has 6 heteroatoms. The lowest BCUT2D eigenvalue weighted by Gasteiger charge is -2.38. The number of nitrogens with zero attached hydrogens (tertiary/aromatic N) is 3. The third-order valence-electron chi connectivity index (χ3n) is 4.55. The lowest BCUT2D eigenvalue weighted by molar-refractivity contribution is -0.0764. The molecule has 0 radical (unpaired) electrons. The third-order valence-corrected chi connectivity index (χ3v) is 4.81. The zero-order chi connectivity index (χ0) is 18.2. The van der Waals surface area contributed by atoms with Crippen LogP contribution in [0.2, 0.25) is 5.02 Å². The smallest absolute Gasteiger partial charge is 0.257 e. The van der Waals surface area contributed by atoms with Crippen molar-refractivity contribution in [2.75, 3.05) is 19.7 Å². The normalized spacial score (nSPS) is 16.9. The Morgan fingerprint density at radius 3 is 2.60 bits per heavy atom. The highest BCUT2D eigenvalue weighted by atomic mass is 35.5. The van der Waals surface area contributed by atoms with Crippen LogP contribution in [-0.2, 0) is 11.3 Å². The van der Waals surface area contributed by atoms with Gasteiger partial charge in [0, 0.05) is 23.8 Å². The topological polar surface area (TPSA) is 47.4 Å². The van der Waals surface area contributed by atoms with Gasteiger partial charge in [0.2, 0.25) is 0 Å². The fourth-order valence-corrected chi connectivity index (χ4v) is 3.40. The maximum absolute atomic E-state index is 13.0. The van der Waals surface area contributed by atoms with Crippen LogP contribution < -0.4 is 0 Å². The van der Waals surface area contributed by atoms with Crippen LogP contribution in [0.4, 0.5) is 0 Å². The Labute approximate surface area is 153 Å². The number of morpholine rings is 1. The standard InChI is InChI=1S/C19H24ClN3O2/c1-13-17(18(24)22-9-10-25-19(3,4)12-22)14(2)23(21-13)11-15-5-7-16(20)8-6-15/h5-8H,9-12H2,1-4H3. The highest BCUT2D eigenvalue weighted by Crippen LogP contribution is 2.22. The van der Waals surface area contributed by atoms with Crippen LogP contribution in [0.25, 0.3) is 0 Å². The molecule has 0 atom stereocenters. The molecule has 0 N–H and O–H groups in total. The molecule has 2 heterocycles. The summed E-state index contributed by atoms with van der Waals surface area (Å²) in [4.78, 5) is 14.9. The maximum Gasteiger partial charge on any atom is 0.257 e. The van der Waals surface area contributed by atoms with Crippen LogP contribution in [0.3, 0.4) is 0 Å². The van der Waals surface area contributed by atoms with Crippen molar-refractivity contribution in [3.63, 3.8) is 0 Å². The van der Waals surface area contributed by atoms with Crippen molar-refractivity contribution in [2.24, 2.45) is 0 Å². The predicted molar refractivity (Wildman–Crippen MR) is 98.2 cm³/mol. The molecular weight excluding hydrogens is 338 g/mol. The summed E-state index contributed by atoms with van der Waals surface area (Å²) in [5.41, 5.74) is 3.14. The van der Waals surface area contributed by atoms with Gasteiger partial charge in [-0.05, 0) is 45.4 Å². The molecule has 0 unspecified atom stereocenters. The predicted octanol–water partition coefficient (Wildman–Crippen LogP) is 3.45. The second kappa shape index (κ2) is 6.81. The van der Waals surface area contributed by atoms with Crippen molar-refractivity contribution >= 4 is 17.5 Å². The Hall–Kier alpha value is -1.85. The summed E-state index contributed by atoms with van der Waals surface area (Å²) in [6.45, 7) is 10.3. The minimum absolute atomic E-state index is 0.0359. The molecule has 1 fully saturated rings. The highest BCUT2D eigenvalue weighted by molar-refractivity contribution is 6.30. The van der Waals surface area contributed by atoms with Crippen molar-refractivity contribution < 1.29 is 9.53 Å². The van der Waals surface area contributed by atoms with E-state index in [4.69, 9.17) is 16.3 Å². The second-order valence-corrected chi connectivity index (χ2v) is 7.60. The lowest BCUT2D eigenvalue weighted by atomic mass is 10.1. The Morgan fingerprint density at radius 2 is 1.96 bits per heavy atom. The number of aromatic nitrogens is 2. The molecule has 0 saturated carbocycles. The van der Waals surface area contributed by atoms with Crippen molar-refractivity contribution in [2.45, 2.75) is 39.8 Å². The number of carbonyl (C=O) groups excluding carboxylic acids is 1. The van der Waals surface area contributed by atoms with Crippen LogP contribution in [0.5, 0.6) is 0 Å². The van der Waals surface area contributed by atoms with Gasteiger partial charge in [-0.15, -0.1) is 0 Å². The molecule has 1 aliphatic rings. The Balaban J connectivity index is 1.84. The lowest BCUT2D eigenvalue weighted by Crippen LogP contribution is -2.50. The van der Waals surface area contributed by atoms with Gasteiger partial charge in [0.25, 0.3) is 5.91 Å². The van der Waals surface area contributed by atoms with E-state index in [1.54, 1.807) is 0 Å². The largest absolute Gasteiger partial charge is 0.372 e. The van der Waals surface area contributed by atoms with Gasteiger partial charge in [-0.3, -0.25) is 9.48 Å². The molecule has 1 saturated heterocycles. The molecule has 3 rings (SSSR count). The number of ether oxygens (including phenoxy) is 1. The highest BCUT2D eigenvalue weighted by Gasteiger charge is 2.32. The van der Waals surface area contributed by atoms with Crippen molar-refractivity contribution in [1.29, 1.82) is 0 Å². The molecule has 25 heavy (non-hydrogen) atoms. The van der Waals surface area contributed by atoms with Crippen molar-refractivity contribution in [3.05, 3.63) is 51.8 Å². The van der Waals surface area contributed by atoms with E-state index in [1.165, 1.54) is 0 Å². The number of carbonyl (C=O) groups is 1. The summed E-state index contributed by atoms with van der Waals surface area (Å²) in [7, 11) is 0.